The maximum atomic E-state index is 14.7. The highest BCUT2D eigenvalue weighted by Gasteiger charge is 2.39. The summed E-state index contributed by atoms with van der Waals surface area (Å²) in [5, 5.41) is 20.7. The van der Waals surface area contributed by atoms with Gasteiger partial charge in [0, 0.05) is 48.6 Å². The predicted molar refractivity (Wildman–Crippen MR) is 239 cm³/mol. The average molecular weight is 890 g/mol. The largest absolute Gasteiger partial charge is 0.480 e. The fraction of sp³-hybridized carbons (Fsp3) is 0.378. The topological polar surface area (TPSA) is 233 Å². The van der Waals surface area contributed by atoms with Crippen molar-refractivity contribution in [2.24, 2.45) is 11.8 Å². The number of benzene rings is 4. The summed E-state index contributed by atoms with van der Waals surface area (Å²) in [5.74, 6) is -5.57. The lowest BCUT2D eigenvalue weighted by Crippen LogP contribution is -2.50. The number of alkyl carbamates (subject to hydrolysis) is 1. The molecule has 17 heteroatoms. The molecule has 0 spiro atoms. The summed E-state index contributed by atoms with van der Waals surface area (Å²) < 4.78 is 47.2. The molecule has 0 aliphatic rings. The van der Waals surface area contributed by atoms with E-state index in [9.17, 15) is 42.2 Å². The van der Waals surface area contributed by atoms with Crippen LogP contribution in [0.1, 0.15) is 56.2 Å². The van der Waals surface area contributed by atoms with Crippen LogP contribution in [0.2, 0.25) is 0 Å². The highest BCUT2D eigenvalue weighted by Crippen LogP contribution is 2.49. The molecule has 0 aliphatic carbocycles. The van der Waals surface area contributed by atoms with E-state index in [1.807, 2.05) is 105 Å². The summed E-state index contributed by atoms with van der Waals surface area (Å²) in [7, 11) is -8.50. The third-order valence-corrected chi connectivity index (χ3v) is 13.4. The van der Waals surface area contributed by atoms with Crippen LogP contribution in [-0.4, -0.2) is 84.1 Å². The fourth-order valence-corrected chi connectivity index (χ4v) is 10.1. The van der Waals surface area contributed by atoms with Crippen LogP contribution in [0.5, 0.6) is 0 Å². The van der Waals surface area contributed by atoms with Gasteiger partial charge >= 0.3 is 12.1 Å². The van der Waals surface area contributed by atoms with Crippen molar-refractivity contribution in [3.05, 3.63) is 120 Å². The van der Waals surface area contributed by atoms with E-state index in [0.717, 1.165) is 33.5 Å². The molecule has 332 valence electrons. The first-order valence-corrected chi connectivity index (χ1v) is 24.4. The van der Waals surface area contributed by atoms with Crippen molar-refractivity contribution in [3.63, 3.8) is 0 Å². The van der Waals surface area contributed by atoms with Crippen molar-refractivity contribution in [2.45, 2.75) is 76.8 Å². The number of fused-ring (bicyclic) bond motifs is 2. The van der Waals surface area contributed by atoms with Crippen molar-refractivity contribution >= 4 is 62.9 Å². The van der Waals surface area contributed by atoms with Gasteiger partial charge in [-0.05, 0) is 65.1 Å². The second-order valence-corrected chi connectivity index (χ2v) is 20.3. The number of unbranched alkanes of at least 4 members (excludes halogenated alkanes) is 1. The van der Waals surface area contributed by atoms with Crippen LogP contribution in [0, 0.1) is 11.8 Å². The van der Waals surface area contributed by atoms with Gasteiger partial charge in [0.2, 0.25) is 29.2 Å². The van der Waals surface area contributed by atoms with Gasteiger partial charge in [0.25, 0.3) is 0 Å². The van der Waals surface area contributed by atoms with Gasteiger partial charge in [-0.15, -0.1) is 0 Å². The number of ether oxygens (including phenoxy) is 1. The quantitative estimate of drug-likeness (QED) is 0.0296. The number of carbonyl (C=O) groups excluding carboxylic acids is 3. The number of amides is 3. The van der Waals surface area contributed by atoms with Crippen LogP contribution in [0.25, 0.3) is 21.7 Å². The van der Waals surface area contributed by atoms with E-state index < -0.39 is 71.2 Å². The third kappa shape index (κ3) is 14.5. The molecule has 5 rings (SSSR count). The number of rotatable bonds is 23. The maximum Gasteiger partial charge on any atom is 0.407 e. The van der Waals surface area contributed by atoms with Gasteiger partial charge < -0.3 is 35.7 Å². The third-order valence-electron chi connectivity index (χ3n) is 10.4. The first-order chi connectivity index (χ1) is 29.5. The molecule has 0 saturated carbocycles. The molecular weight excluding hydrogens is 834 g/mol. The first-order valence-electron chi connectivity index (χ1n) is 20.6. The lowest BCUT2D eigenvalue weighted by molar-refractivity contribution is -0.142. The molecule has 0 bridgehead atoms. The molecule has 5 aromatic rings. The van der Waals surface area contributed by atoms with Crippen LogP contribution in [0.4, 0.5) is 4.79 Å². The lowest BCUT2D eigenvalue weighted by atomic mass is 9.97. The number of hydrogen-bond acceptors (Lipinski definition) is 8. The average Bonchev–Trinajstić information content (AvgIpc) is 3.63. The number of aromatic nitrogens is 1. The van der Waals surface area contributed by atoms with Gasteiger partial charge in [0.05, 0.1) is 6.26 Å². The number of nitrogens with one attached hydrogen (secondary N) is 5. The second-order valence-electron chi connectivity index (χ2n) is 16.1. The van der Waals surface area contributed by atoms with E-state index in [0.29, 0.717) is 17.5 Å². The van der Waals surface area contributed by atoms with E-state index in [1.54, 1.807) is 12.3 Å². The molecule has 0 fully saturated rings. The van der Waals surface area contributed by atoms with Crippen LogP contribution >= 0.6 is 7.37 Å². The van der Waals surface area contributed by atoms with Crippen molar-refractivity contribution in [1.29, 1.82) is 0 Å². The minimum Gasteiger partial charge on any atom is -0.480 e. The molecule has 5 atom stereocenters. The number of aromatic amines is 1. The number of carboxylic acid groups (broad SMARTS) is 1. The molecule has 1 aromatic heterocycles. The van der Waals surface area contributed by atoms with Gasteiger partial charge in [-0.2, -0.15) is 0 Å². The number of carboxylic acids is 1. The molecule has 0 aliphatic heterocycles. The minimum atomic E-state index is -4.56. The Labute approximate surface area is 361 Å². The molecule has 0 radical (unpaired) electrons. The van der Waals surface area contributed by atoms with Gasteiger partial charge in [0.15, 0.2) is 0 Å². The Bertz CT molecular complexity index is 2480. The summed E-state index contributed by atoms with van der Waals surface area (Å²) in [5.41, 5.74) is 2.90. The summed E-state index contributed by atoms with van der Waals surface area (Å²) in [6.07, 6.45) is 1.95. The number of para-hydroxylation sites is 1. The van der Waals surface area contributed by atoms with E-state index in [4.69, 9.17) is 4.74 Å². The molecule has 62 heavy (non-hydrogen) atoms. The number of sulfonamides is 1. The zero-order valence-electron chi connectivity index (χ0n) is 35.1. The van der Waals surface area contributed by atoms with E-state index >= 15 is 0 Å². The Kier molecular flexibility index (Phi) is 16.9. The number of H-pyrrole nitrogens is 1. The van der Waals surface area contributed by atoms with Crippen LogP contribution in [-0.2, 0) is 53.2 Å². The van der Waals surface area contributed by atoms with Gasteiger partial charge in [-0.3, -0.25) is 14.2 Å². The van der Waals surface area contributed by atoms with Crippen molar-refractivity contribution in [2.75, 3.05) is 19.0 Å². The Morgan fingerprint density at radius 3 is 2.21 bits per heavy atom. The predicted octanol–water partition coefficient (Wildman–Crippen LogP) is 6.07. The second kappa shape index (κ2) is 22.0. The van der Waals surface area contributed by atoms with Crippen LogP contribution < -0.4 is 20.7 Å². The maximum absolute atomic E-state index is 14.7. The van der Waals surface area contributed by atoms with Gasteiger partial charge in [-0.1, -0.05) is 105 Å². The Balaban J connectivity index is 1.32. The summed E-state index contributed by atoms with van der Waals surface area (Å²) in [6, 6.07) is 26.8. The zero-order chi connectivity index (χ0) is 44.9. The standard InChI is InChI=1S/C45H56N5O10PS/c1-30(2)23-36(42(51)48-40(44(53)54)26-35-27-47-38-18-10-9-17-37(35)38)29-61(56,57)41(25-32-20-21-33-15-7-8-16-34(33)24-32)49-43(52)39(50-62(3,58)59)19-11-12-22-46-45(55)60-28-31-13-5-4-6-14-31/h4-10,13-18,20-21,24,27,30,36,39-41,47,50H,11-12,19,22-23,25-26,28-29H2,1-3H3,(H,46,55)(H,48,51)(H,49,52)(H,53,54)(H,56,57)/t36?,39-,40-,41?/m0/s1. The van der Waals surface area contributed by atoms with E-state index in [1.165, 1.54) is 0 Å². The molecule has 0 saturated heterocycles. The minimum absolute atomic E-state index is 0.0105. The Morgan fingerprint density at radius 2 is 1.50 bits per heavy atom. The first kappa shape index (κ1) is 47.5. The highest BCUT2D eigenvalue weighted by molar-refractivity contribution is 7.88. The van der Waals surface area contributed by atoms with Gasteiger partial charge in [-0.25, -0.2) is 22.7 Å². The van der Waals surface area contributed by atoms with Crippen molar-refractivity contribution in [1.82, 2.24) is 25.7 Å². The van der Waals surface area contributed by atoms with Crippen molar-refractivity contribution in [3.8, 4) is 0 Å². The number of carbonyl (C=O) groups is 4. The van der Waals surface area contributed by atoms with E-state index in [2.05, 4.69) is 25.7 Å². The number of hydrogen-bond donors (Lipinski definition) is 7. The van der Waals surface area contributed by atoms with Crippen LogP contribution in [0.3, 0.4) is 0 Å². The lowest BCUT2D eigenvalue weighted by Gasteiger charge is -2.30. The Morgan fingerprint density at radius 1 is 0.806 bits per heavy atom. The Hall–Kier alpha value is -5.54. The molecule has 15 nitrogen and oxygen atoms in total. The molecule has 3 unspecified atom stereocenters. The molecular formula is C45H56N5O10PS. The molecule has 7 N–H and O–H groups in total. The van der Waals surface area contributed by atoms with Gasteiger partial charge in [0.1, 0.15) is 24.5 Å². The van der Waals surface area contributed by atoms with Crippen molar-refractivity contribution < 1.29 is 46.9 Å². The monoisotopic (exact) mass is 889 g/mol. The SMILES string of the molecule is CC(C)CC(CP(=O)(O)C(Cc1ccc2ccccc2c1)NC(=O)[C@H](CCCCNC(=O)OCc1ccccc1)NS(C)(=O)=O)C(=O)N[C@@H](Cc1c[nH]c2ccccc12)C(=O)O. The zero-order valence-corrected chi connectivity index (χ0v) is 36.8. The fourth-order valence-electron chi connectivity index (χ4n) is 7.37. The molecule has 1 heterocycles. The van der Waals surface area contributed by atoms with Crippen LogP contribution in [0.15, 0.2) is 103 Å². The van der Waals surface area contributed by atoms with E-state index in [-0.39, 0.29) is 51.2 Å². The number of aliphatic carboxylic acids is 1. The summed E-state index contributed by atoms with van der Waals surface area (Å²) in [4.78, 5) is 67.8. The highest BCUT2D eigenvalue weighted by atomic mass is 32.2. The smallest absolute Gasteiger partial charge is 0.407 e. The molecule has 3 amide bonds. The normalized spacial score (nSPS) is 14.7. The summed E-state index contributed by atoms with van der Waals surface area (Å²) >= 11 is 0. The summed E-state index contributed by atoms with van der Waals surface area (Å²) in [6.45, 7) is 3.94. The molecule has 4 aromatic carbocycles.